The normalized spacial score (nSPS) is 10.8. The summed E-state index contributed by atoms with van der Waals surface area (Å²) in [5, 5.41) is 3.86. The summed E-state index contributed by atoms with van der Waals surface area (Å²) in [6, 6.07) is 11.3. The number of nitrogens with zero attached hydrogens (tertiary/aromatic N) is 2. The Morgan fingerprint density at radius 3 is 2.80 bits per heavy atom. The third kappa shape index (κ3) is 3.52. The van der Waals surface area contributed by atoms with Gasteiger partial charge >= 0.3 is 0 Å². The maximum Gasteiger partial charge on any atom is 0.273 e. The van der Waals surface area contributed by atoms with Crippen LogP contribution < -0.4 is 10.1 Å². The monoisotopic (exact) mass is 403 g/mol. The minimum Gasteiger partial charge on any atom is -0.474 e. The first-order chi connectivity index (χ1) is 12.1. The van der Waals surface area contributed by atoms with Gasteiger partial charge in [-0.25, -0.2) is 4.98 Å². The lowest BCUT2D eigenvalue weighted by Crippen LogP contribution is -2.17. The second kappa shape index (κ2) is 7.67. The first-order valence-corrected chi connectivity index (χ1v) is 8.53. The number of anilines is 1. The number of hydrogen-bond acceptors (Lipinski definition) is 4. The van der Waals surface area contributed by atoms with E-state index in [0.29, 0.717) is 30.5 Å². The van der Waals surface area contributed by atoms with Crippen molar-refractivity contribution < 1.29 is 14.3 Å². The zero-order chi connectivity index (χ0) is 17.8. The smallest absolute Gasteiger partial charge is 0.273 e. The van der Waals surface area contributed by atoms with E-state index in [2.05, 4.69) is 26.2 Å². The van der Waals surface area contributed by atoms with Gasteiger partial charge in [-0.2, -0.15) is 0 Å². The van der Waals surface area contributed by atoms with Crippen LogP contribution in [0.4, 0.5) is 5.69 Å². The molecule has 130 valence electrons. The van der Waals surface area contributed by atoms with E-state index in [1.807, 2.05) is 35.9 Å². The van der Waals surface area contributed by atoms with Crippen LogP contribution in [0.5, 0.6) is 5.88 Å². The van der Waals surface area contributed by atoms with Gasteiger partial charge in [0.05, 0.1) is 11.1 Å². The summed E-state index contributed by atoms with van der Waals surface area (Å²) in [6.07, 6.45) is 1.62. The van der Waals surface area contributed by atoms with Gasteiger partial charge in [-0.1, -0.05) is 18.2 Å². The lowest BCUT2D eigenvalue weighted by molar-refractivity contribution is 0.101. The highest BCUT2D eigenvalue weighted by Crippen LogP contribution is 2.31. The van der Waals surface area contributed by atoms with Crippen molar-refractivity contribution in [2.45, 2.75) is 0 Å². The summed E-state index contributed by atoms with van der Waals surface area (Å²) in [4.78, 5) is 17.0. The second-order valence-electron chi connectivity index (χ2n) is 5.39. The van der Waals surface area contributed by atoms with Gasteiger partial charge in [-0.3, -0.25) is 4.79 Å². The van der Waals surface area contributed by atoms with E-state index < -0.39 is 0 Å². The van der Waals surface area contributed by atoms with Crippen LogP contribution in [0.15, 0.2) is 47.1 Å². The molecule has 2 aromatic heterocycles. The molecule has 2 heterocycles. The molecule has 0 fully saturated rings. The highest BCUT2D eigenvalue weighted by molar-refractivity contribution is 9.10. The molecule has 0 saturated heterocycles. The molecule has 1 amide bonds. The molecule has 3 rings (SSSR count). The van der Waals surface area contributed by atoms with Crippen LogP contribution in [-0.4, -0.2) is 35.8 Å². The van der Waals surface area contributed by atoms with E-state index >= 15 is 0 Å². The Morgan fingerprint density at radius 2 is 2.04 bits per heavy atom. The highest BCUT2D eigenvalue weighted by atomic mass is 79.9. The number of benzene rings is 1. The Bertz CT molecular complexity index is 869. The zero-order valence-electron chi connectivity index (χ0n) is 14.0. The van der Waals surface area contributed by atoms with E-state index in [9.17, 15) is 4.79 Å². The van der Waals surface area contributed by atoms with Crippen LogP contribution in [0.1, 0.15) is 10.5 Å². The van der Waals surface area contributed by atoms with Gasteiger partial charge in [-0.05, 0) is 34.1 Å². The summed E-state index contributed by atoms with van der Waals surface area (Å²) in [7, 11) is 3.46. The number of hydrogen-bond donors (Lipinski definition) is 1. The zero-order valence-corrected chi connectivity index (χ0v) is 15.5. The summed E-state index contributed by atoms with van der Waals surface area (Å²) in [5.41, 5.74) is 2.02. The molecular formula is C18H18BrN3O3. The van der Waals surface area contributed by atoms with Crippen molar-refractivity contribution >= 4 is 38.4 Å². The Balaban J connectivity index is 1.89. The van der Waals surface area contributed by atoms with E-state index in [0.717, 1.165) is 15.4 Å². The van der Waals surface area contributed by atoms with Gasteiger partial charge < -0.3 is 19.4 Å². The van der Waals surface area contributed by atoms with Crippen LogP contribution in [0.25, 0.3) is 10.9 Å². The third-order valence-electron chi connectivity index (χ3n) is 3.81. The number of nitrogens with one attached hydrogen (secondary N) is 1. The topological polar surface area (TPSA) is 65.4 Å². The fraction of sp³-hybridized carbons (Fsp3) is 0.222. The van der Waals surface area contributed by atoms with Crippen LogP contribution >= 0.6 is 15.9 Å². The molecule has 0 aliphatic rings. The Labute approximate surface area is 153 Å². The fourth-order valence-electron chi connectivity index (χ4n) is 2.60. The van der Waals surface area contributed by atoms with Crippen molar-refractivity contribution in [2.75, 3.05) is 25.6 Å². The Kier molecular flexibility index (Phi) is 5.35. The molecule has 0 aliphatic heterocycles. The number of halogens is 1. The van der Waals surface area contributed by atoms with Crippen LogP contribution in [0, 0.1) is 0 Å². The summed E-state index contributed by atoms with van der Waals surface area (Å²) in [6.45, 7) is 0.798. The van der Waals surface area contributed by atoms with Crippen molar-refractivity contribution in [2.24, 2.45) is 7.05 Å². The third-order valence-corrected chi connectivity index (χ3v) is 4.61. The molecule has 0 spiro atoms. The van der Waals surface area contributed by atoms with Gasteiger partial charge in [0.2, 0.25) is 5.88 Å². The number of ether oxygens (including phenoxy) is 2. The van der Waals surface area contributed by atoms with Crippen LogP contribution in [0.3, 0.4) is 0 Å². The Morgan fingerprint density at radius 1 is 1.24 bits per heavy atom. The standard InChI is InChI=1S/C18H18BrN3O3/c1-22-14-8-4-3-6-12(14)15(19)16(22)17(23)21-13-7-5-9-20-18(13)25-11-10-24-2/h3-9H,10-11H2,1-2H3,(H,21,23). The summed E-state index contributed by atoms with van der Waals surface area (Å²) < 4.78 is 13.1. The van der Waals surface area contributed by atoms with Crippen molar-refractivity contribution in [1.29, 1.82) is 0 Å². The average Bonchev–Trinajstić information content (AvgIpc) is 2.88. The largest absolute Gasteiger partial charge is 0.474 e. The minimum atomic E-state index is -0.241. The van der Waals surface area contributed by atoms with Gasteiger partial charge in [0.25, 0.3) is 5.91 Å². The number of fused-ring (bicyclic) bond motifs is 1. The fourth-order valence-corrected chi connectivity index (χ4v) is 3.38. The number of carbonyl (C=O) groups is 1. The molecule has 0 aliphatic carbocycles. The molecule has 3 aromatic rings. The molecule has 0 unspecified atom stereocenters. The Hall–Kier alpha value is -2.38. The summed E-state index contributed by atoms with van der Waals surface area (Å²) >= 11 is 3.54. The lowest BCUT2D eigenvalue weighted by Gasteiger charge is -2.11. The molecule has 0 atom stereocenters. The second-order valence-corrected chi connectivity index (χ2v) is 6.18. The number of carbonyl (C=O) groups excluding carboxylic acids is 1. The molecule has 1 N–H and O–H groups in total. The maximum atomic E-state index is 12.8. The van der Waals surface area contributed by atoms with Crippen molar-refractivity contribution in [3.8, 4) is 5.88 Å². The van der Waals surface area contributed by atoms with Crippen molar-refractivity contribution in [3.63, 3.8) is 0 Å². The number of aromatic nitrogens is 2. The van der Waals surface area contributed by atoms with Gasteiger partial charge in [-0.15, -0.1) is 0 Å². The number of aryl methyl sites for hydroxylation is 1. The SMILES string of the molecule is COCCOc1ncccc1NC(=O)c1c(Br)c2ccccc2n1C. The van der Waals surface area contributed by atoms with Crippen molar-refractivity contribution in [1.82, 2.24) is 9.55 Å². The minimum absolute atomic E-state index is 0.241. The molecule has 7 heteroatoms. The first kappa shape index (κ1) is 17.4. The van der Waals surface area contributed by atoms with Crippen LogP contribution in [0.2, 0.25) is 0 Å². The van der Waals surface area contributed by atoms with E-state index in [4.69, 9.17) is 9.47 Å². The average molecular weight is 404 g/mol. The molecule has 25 heavy (non-hydrogen) atoms. The molecule has 1 aromatic carbocycles. The molecule has 0 radical (unpaired) electrons. The maximum absolute atomic E-state index is 12.8. The molecule has 6 nitrogen and oxygen atoms in total. The number of para-hydroxylation sites is 1. The van der Waals surface area contributed by atoms with E-state index in [-0.39, 0.29) is 5.91 Å². The van der Waals surface area contributed by atoms with Gasteiger partial charge in [0, 0.05) is 31.3 Å². The van der Waals surface area contributed by atoms with Gasteiger partial charge in [0.1, 0.15) is 18.0 Å². The number of pyridine rings is 1. The lowest BCUT2D eigenvalue weighted by atomic mass is 10.2. The molecular weight excluding hydrogens is 386 g/mol. The highest BCUT2D eigenvalue weighted by Gasteiger charge is 2.20. The number of methoxy groups -OCH3 is 1. The number of amides is 1. The summed E-state index contributed by atoms with van der Waals surface area (Å²) in [5.74, 6) is 0.123. The van der Waals surface area contributed by atoms with Crippen molar-refractivity contribution in [3.05, 3.63) is 52.8 Å². The van der Waals surface area contributed by atoms with Crippen LogP contribution in [-0.2, 0) is 11.8 Å². The van der Waals surface area contributed by atoms with Gasteiger partial charge in [0.15, 0.2) is 0 Å². The molecule has 0 bridgehead atoms. The van der Waals surface area contributed by atoms with E-state index in [1.54, 1.807) is 25.4 Å². The number of rotatable bonds is 6. The first-order valence-electron chi connectivity index (χ1n) is 7.74. The molecule has 0 saturated carbocycles. The predicted molar refractivity (Wildman–Crippen MR) is 100 cm³/mol. The predicted octanol–water partition coefficient (Wildman–Crippen LogP) is 3.61. The quantitative estimate of drug-likeness (QED) is 0.638. The van der Waals surface area contributed by atoms with E-state index in [1.165, 1.54) is 0 Å².